The highest BCUT2D eigenvalue weighted by atomic mass is 16.2. The molecule has 1 saturated carbocycles. The van der Waals surface area contributed by atoms with Crippen molar-refractivity contribution in [3.63, 3.8) is 0 Å². The summed E-state index contributed by atoms with van der Waals surface area (Å²) in [5.74, 6) is 5.86. The molecule has 1 aromatic rings. The molecule has 0 aromatic heterocycles. The molecule has 3 heteroatoms. The summed E-state index contributed by atoms with van der Waals surface area (Å²) < 4.78 is 0. The lowest BCUT2D eigenvalue weighted by molar-refractivity contribution is 0.0784. The average Bonchev–Trinajstić information content (AvgIpc) is 3.20. The Morgan fingerprint density at radius 2 is 2.22 bits per heavy atom. The largest absolute Gasteiger partial charge is 0.339 e. The van der Waals surface area contributed by atoms with E-state index >= 15 is 0 Å². The number of amides is 1. The lowest BCUT2D eigenvalue weighted by Crippen LogP contribution is -2.29. The van der Waals surface area contributed by atoms with Crippen molar-refractivity contribution in [1.82, 2.24) is 4.90 Å². The summed E-state index contributed by atoms with van der Waals surface area (Å²) in [5.41, 5.74) is 7.93. The third kappa shape index (κ3) is 2.72. The second-order valence-corrected chi connectivity index (χ2v) is 4.68. The number of nitrogens with two attached hydrogens (primary N) is 1. The van der Waals surface area contributed by atoms with Crippen molar-refractivity contribution in [1.29, 1.82) is 0 Å². The van der Waals surface area contributed by atoms with Gasteiger partial charge in [-0.1, -0.05) is 17.9 Å². The minimum Gasteiger partial charge on any atom is -0.339 e. The Labute approximate surface area is 108 Å². The number of aryl methyl sites for hydroxylation is 1. The van der Waals surface area contributed by atoms with Gasteiger partial charge in [0.05, 0.1) is 6.54 Å². The molecule has 2 rings (SSSR count). The zero-order valence-corrected chi connectivity index (χ0v) is 10.9. The lowest BCUT2D eigenvalue weighted by atomic mass is 10.0. The summed E-state index contributed by atoms with van der Waals surface area (Å²) in [6.07, 6.45) is 2.24. The molecule has 1 amide bonds. The maximum absolute atomic E-state index is 12.3. The van der Waals surface area contributed by atoms with Gasteiger partial charge in [0.15, 0.2) is 0 Å². The van der Waals surface area contributed by atoms with Crippen LogP contribution < -0.4 is 5.73 Å². The van der Waals surface area contributed by atoms with Gasteiger partial charge in [-0.05, 0) is 37.5 Å². The van der Waals surface area contributed by atoms with E-state index in [1.165, 1.54) is 0 Å². The molecule has 3 nitrogen and oxygen atoms in total. The van der Waals surface area contributed by atoms with E-state index in [0.717, 1.165) is 29.5 Å². The summed E-state index contributed by atoms with van der Waals surface area (Å²) in [6, 6.07) is 6.15. The molecule has 1 fully saturated rings. The number of rotatable bonds is 2. The Balaban J connectivity index is 2.27. The van der Waals surface area contributed by atoms with E-state index in [0.29, 0.717) is 12.6 Å². The third-order valence-corrected chi connectivity index (χ3v) is 3.22. The van der Waals surface area contributed by atoms with Crippen molar-refractivity contribution >= 4 is 5.91 Å². The van der Waals surface area contributed by atoms with E-state index < -0.39 is 0 Å². The maximum Gasteiger partial charge on any atom is 0.254 e. The van der Waals surface area contributed by atoms with Gasteiger partial charge in [0.25, 0.3) is 5.91 Å². The minimum absolute atomic E-state index is 0.0893. The van der Waals surface area contributed by atoms with Crippen LogP contribution in [0.4, 0.5) is 0 Å². The van der Waals surface area contributed by atoms with Crippen molar-refractivity contribution in [2.24, 2.45) is 5.73 Å². The van der Waals surface area contributed by atoms with Gasteiger partial charge < -0.3 is 10.6 Å². The minimum atomic E-state index is 0.0893. The highest BCUT2D eigenvalue weighted by Gasteiger charge is 2.30. The first kappa shape index (κ1) is 12.7. The van der Waals surface area contributed by atoms with Crippen LogP contribution in [0.3, 0.4) is 0 Å². The number of carbonyl (C=O) groups excluding carboxylic acids is 1. The van der Waals surface area contributed by atoms with Crippen LogP contribution in [0, 0.1) is 18.8 Å². The molecule has 0 spiro atoms. The van der Waals surface area contributed by atoms with Crippen LogP contribution in [0.25, 0.3) is 0 Å². The molecule has 0 atom stereocenters. The molecular weight excluding hydrogens is 224 g/mol. The number of hydrogen-bond donors (Lipinski definition) is 1. The zero-order valence-electron chi connectivity index (χ0n) is 10.9. The molecule has 1 aliphatic carbocycles. The van der Waals surface area contributed by atoms with Crippen LogP contribution in [0.1, 0.15) is 34.3 Å². The normalized spacial score (nSPS) is 13.7. The van der Waals surface area contributed by atoms with Gasteiger partial charge in [-0.3, -0.25) is 4.79 Å². The Hall–Kier alpha value is -1.79. The molecule has 1 aliphatic rings. The van der Waals surface area contributed by atoms with Gasteiger partial charge in [-0.15, -0.1) is 0 Å². The summed E-state index contributed by atoms with van der Waals surface area (Å²) in [4.78, 5) is 14.2. The predicted molar refractivity (Wildman–Crippen MR) is 72.2 cm³/mol. The van der Waals surface area contributed by atoms with Crippen LogP contribution in [-0.4, -0.2) is 30.4 Å². The fraction of sp³-hybridized carbons (Fsp3) is 0.400. The Morgan fingerprint density at radius 3 is 2.83 bits per heavy atom. The summed E-state index contributed by atoms with van der Waals surface area (Å²) in [5, 5.41) is 0. The zero-order chi connectivity index (χ0) is 13.1. The van der Waals surface area contributed by atoms with Crippen LogP contribution in [0.15, 0.2) is 18.2 Å². The van der Waals surface area contributed by atoms with Gasteiger partial charge in [-0.2, -0.15) is 0 Å². The number of carbonyl (C=O) groups is 1. The van der Waals surface area contributed by atoms with Gasteiger partial charge in [0.2, 0.25) is 0 Å². The molecule has 1 aromatic carbocycles. The first-order valence-electron chi connectivity index (χ1n) is 6.20. The van der Waals surface area contributed by atoms with Crippen molar-refractivity contribution in [2.75, 3.05) is 13.6 Å². The number of nitrogens with zero attached hydrogens (tertiary/aromatic N) is 1. The van der Waals surface area contributed by atoms with Gasteiger partial charge in [-0.25, -0.2) is 0 Å². The van der Waals surface area contributed by atoms with Gasteiger partial charge >= 0.3 is 0 Å². The average molecular weight is 242 g/mol. The smallest absolute Gasteiger partial charge is 0.254 e. The van der Waals surface area contributed by atoms with Crippen LogP contribution in [-0.2, 0) is 0 Å². The fourth-order valence-electron chi connectivity index (χ4n) is 1.90. The lowest BCUT2D eigenvalue weighted by Gasteiger charge is -2.17. The molecule has 0 bridgehead atoms. The van der Waals surface area contributed by atoms with E-state index in [2.05, 4.69) is 11.8 Å². The van der Waals surface area contributed by atoms with Crippen LogP contribution in [0.5, 0.6) is 0 Å². The van der Waals surface area contributed by atoms with E-state index in [1.807, 2.05) is 37.1 Å². The van der Waals surface area contributed by atoms with E-state index in [4.69, 9.17) is 5.73 Å². The molecule has 18 heavy (non-hydrogen) atoms. The molecule has 0 heterocycles. The van der Waals surface area contributed by atoms with Crippen molar-refractivity contribution in [3.05, 3.63) is 34.9 Å². The Kier molecular flexibility index (Phi) is 3.69. The molecule has 0 radical (unpaired) electrons. The van der Waals surface area contributed by atoms with Crippen molar-refractivity contribution < 1.29 is 4.79 Å². The topological polar surface area (TPSA) is 46.3 Å². The summed E-state index contributed by atoms with van der Waals surface area (Å²) in [6.45, 7) is 2.28. The predicted octanol–water partition coefficient (Wildman–Crippen LogP) is 1.54. The van der Waals surface area contributed by atoms with Crippen LogP contribution >= 0.6 is 0 Å². The van der Waals surface area contributed by atoms with E-state index in [-0.39, 0.29) is 5.91 Å². The SMILES string of the molecule is Cc1ccc(C#CCN)cc1C(=O)N(C)C1CC1. The van der Waals surface area contributed by atoms with Gasteiger partial charge in [0, 0.05) is 24.2 Å². The highest BCUT2D eigenvalue weighted by Crippen LogP contribution is 2.27. The summed E-state index contributed by atoms with van der Waals surface area (Å²) >= 11 is 0. The molecule has 0 saturated heterocycles. The monoisotopic (exact) mass is 242 g/mol. The standard InChI is InChI=1S/C15H18N2O/c1-11-5-6-12(4-3-9-16)10-14(11)15(18)17(2)13-7-8-13/h5-6,10,13H,7-9,16H2,1-2H3. The van der Waals surface area contributed by atoms with Crippen molar-refractivity contribution in [2.45, 2.75) is 25.8 Å². The molecule has 2 N–H and O–H groups in total. The van der Waals surface area contributed by atoms with E-state index in [1.54, 1.807) is 0 Å². The van der Waals surface area contributed by atoms with E-state index in [9.17, 15) is 4.79 Å². The first-order chi connectivity index (χ1) is 8.63. The molecule has 0 unspecified atom stereocenters. The number of hydrogen-bond acceptors (Lipinski definition) is 2. The van der Waals surface area contributed by atoms with Crippen LogP contribution in [0.2, 0.25) is 0 Å². The Morgan fingerprint density at radius 1 is 1.50 bits per heavy atom. The molecule has 0 aliphatic heterocycles. The second kappa shape index (κ2) is 5.24. The van der Waals surface area contributed by atoms with Gasteiger partial charge in [0.1, 0.15) is 0 Å². The highest BCUT2D eigenvalue weighted by molar-refractivity contribution is 5.96. The fourth-order valence-corrected chi connectivity index (χ4v) is 1.90. The third-order valence-electron chi connectivity index (χ3n) is 3.22. The molecular formula is C15H18N2O. The first-order valence-corrected chi connectivity index (χ1v) is 6.20. The summed E-state index contributed by atoms with van der Waals surface area (Å²) in [7, 11) is 1.87. The number of benzene rings is 1. The van der Waals surface area contributed by atoms with Crippen molar-refractivity contribution in [3.8, 4) is 11.8 Å². The maximum atomic E-state index is 12.3. The Bertz CT molecular complexity index is 521. The second-order valence-electron chi connectivity index (χ2n) is 4.68. The quantitative estimate of drug-likeness (QED) is 0.800. The molecule has 94 valence electrons.